The molecule has 3 heterocycles. The standard InChI is InChI=1S/C11H12FIN2/c12-11-9(13)3-6(5-14-11)8-4-7-1-2-10(8)15-7/h3,5,7-8,10,15H,1-2,4H2/t7?,8-,10?/m1/s1. The second kappa shape index (κ2) is 3.66. The zero-order valence-corrected chi connectivity index (χ0v) is 10.4. The van der Waals surface area contributed by atoms with Gasteiger partial charge in [0.05, 0.1) is 3.57 Å². The second-order valence-corrected chi connectivity index (χ2v) is 5.59. The lowest BCUT2D eigenvalue weighted by Crippen LogP contribution is -2.21. The summed E-state index contributed by atoms with van der Waals surface area (Å²) in [6, 6.07) is 3.22. The number of hydrogen-bond acceptors (Lipinski definition) is 2. The van der Waals surface area contributed by atoms with E-state index in [2.05, 4.69) is 10.3 Å². The maximum absolute atomic E-state index is 13.0. The fourth-order valence-corrected chi connectivity index (χ4v) is 3.33. The van der Waals surface area contributed by atoms with Crippen LogP contribution in [-0.4, -0.2) is 17.1 Å². The molecule has 0 radical (unpaired) electrons. The van der Waals surface area contributed by atoms with Crippen LogP contribution in [0.15, 0.2) is 12.3 Å². The Morgan fingerprint density at radius 2 is 2.33 bits per heavy atom. The minimum absolute atomic E-state index is 0.351. The van der Waals surface area contributed by atoms with Crippen molar-refractivity contribution in [2.24, 2.45) is 0 Å². The molecule has 15 heavy (non-hydrogen) atoms. The topological polar surface area (TPSA) is 24.9 Å². The third kappa shape index (κ3) is 1.67. The van der Waals surface area contributed by atoms with E-state index in [1.807, 2.05) is 28.7 Å². The van der Waals surface area contributed by atoms with Gasteiger partial charge in [0.1, 0.15) is 0 Å². The SMILES string of the molecule is Fc1ncc([C@H]2CC3CCC2N3)cc1I. The highest BCUT2D eigenvalue weighted by Crippen LogP contribution is 2.39. The Labute approximate surface area is 102 Å². The van der Waals surface area contributed by atoms with Crippen LogP contribution in [0.4, 0.5) is 4.39 Å². The van der Waals surface area contributed by atoms with E-state index in [1.165, 1.54) is 24.8 Å². The van der Waals surface area contributed by atoms with Gasteiger partial charge in [-0.05, 0) is 53.5 Å². The Kier molecular flexibility index (Phi) is 2.43. The molecule has 2 nitrogen and oxygen atoms in total. The highest BCUT2D eigenvalue weighted by Gasteiger charge is 2.39. The quantitative estimate of drug-likeness (QED) is 0.635. The zero-order chi connectivity index (χ0) is 10.4. The van der Waals surface area contributed by atoms with Gasteiger partial charge < -0.3 is 5.32 Å². The lowest BCUT2D eigenvalue weighted by molar-refractivity contribution is 0.501. The van der Waals surface area contributed by atoms with E-state index < -0.39 is 0 Å². The maximum Gasteiger partial charge on any atom is 0.226 e. The van der Waals surface area contributed by atoms with Crippen LogP contribution in [0.5, 0.6) is 0 Å². The lowest BCUT2D eigenvalue weighted by atomic mass is 9.85. The first-order chi connectivity index (χ1) is 7.24. The number of fused-ring (bicyclic) bond motifs is 2. The molecule has 0 saturated carbocycles. The molecule has 4 heteroatoms. The molecule has 0 aliphatic carbocycles. The van der Waals surface area contributed by atoms with Crippen molar-refractivity contribution in [1.82, 2.24) is 10.3 Å². The molecule has 2 bridgehead atoms. The monoisotopic (exact) mass is 318 g/mol. The zero-order valence-electron chi connectivity index (χ0n) is 8.21. The first-order valence-corrected chi connectivity index (χ1v) is 6.39. The van der Waals surface area contributed by atoms with Crippen molar-refractivity contribution < 1.29 is 4.39 Å². The third-order valence-electron chi connectivity index (χ3n) is 3.55. The van der Waals surface area contributed by atoms with Gasteiger partial charge in [0.15, 0.2) is 0 Å². The third-order valence-corrected chi connectivity index (χ3v) is 4.30. The molecule has 2 saturated heterocycles. The van der Waals surface area contributed by atoms with Crippen LogP contribution in [-0.2, 0) is 0 Å². The molecule has 2 unspecified atom stereocenters. The van der Waals surface area contributed by atoms with Gasteiger partial charge in [-0.2, -0.15) is 4.39 Å². The summed E-state index contributed by atoms with van der Waals surface area (Å²) >= 11 is 2.01. The molecule has 3 atom stereocenters. The molecule has 1 aromatic heterocycles. The van der Waals surface area contributed by atoms with Crippen molar-refractivity contribution in [3.05, 3.63) is 27.3 Å². The Balaban J connectivity index is 1.90. The predicted molar refractivity (Wildman–Crippen MR) is 64.2 cm³/mol. The highest BCUT2D eigenvalue weighted by atomic mass is 127. The smallest absolute Gasteiger partial charge is 0.226 e. The van der Waals surface area contributed by atoms with Crippen LogP contribution in [0.3, 0.4) is 0 Å². The number of halogens is 2. The first kappa shape index (κ1) is 9.96. The van der Waals surface area contributed by atoms with Gasteiger partial charge >= 0.3 is 0 Å². The molecule has 1 aromatic rings. The molecule has 0 amide bonds. The van der Waals surface area contributed by atoms with E-state index in [0.29, 0.717) is 21.6 Å². The molecule has 1 N–H and O–H groups in total. The molecule has 2 fully saturated rings. The Hall–Kier alpha value is -0.230. The fraction of sp³-hybridized carbons (Fsp3) is 0.545. The summed E-state index contributed by atoms with van der Waals surface area (Å²) in [7, 11) is 0. The van der Waals surface area contributed by atoms with Crippen molar-refractivity contribution >= 4 is 22.6 Å². The lowest BCUT2D eigenvalue weighted by Gasteiger charge is -2.20. The molecule has 80 valence electrons. The number of nitrogens with one attached hydrogen (secondary N) is 1. The molecule has 3 rings (SSSR count). The summed E-state index contributed by atoms with van der Waals surface area (Å²) in [5.74, 6) is 0.195. The predicted octanol–water partition coefficient (Wildman–Crippen LogP) is 2.43. The van der Waals surface area contributed by atoms with Gasteiger partial charge in [-0.3, -0.25) is 0 Å². The van der Waals surface area contributed by atoms with Crippen molar-refractivity contribution in [3.63, 3.8) is 0 Å². The number of nitrogens with zero attached hydrogens (tertiary/aromatic N) is 1. The van der Waals surface area contributed by atoms with Gasteiger partial charge in [-0.1, -0.05) is 0 Å². The summed E-state index contributed by atoms with van der Waals surface area (Å²) in [5, 5.41) is 3.59. The minimum Gasteiger partial charge on any atom is -0.311 e. The molecule has 2 aliphatic rings. The van der Waals surface area contributed by atoms with E-state index in [-0.39, 0.29) is 5.95 Å². The van der Waals surface area contributed by atoms with Gasteiger partial charge in [0, 0.05) is 24.2 Å². The van der Waals surface area contributed by atoms with Crippen molar-refractivity contribution in [2.75, 3.05) is 0 Å². The Morgan fingerprint density at radius 3 is 2.93 bits per heavy atom. The normalized spacial score (nSPS) is 33.6. The molecular formula is C11H12FIN2. The number of hydrogen-bond donors (Lipinski definition) is 1. The fourth-order valence-electron chi connectivity index (χ4n) is 2.83. The van der Waals surface area contributed by atoms with Crippen molar-refractivity contribution in [3.8, 4) is 0 Å². The highest BCUT2D eigenvalue weighted by molar-refractivity contribution is 14.1. The van der Waals surface area contributed by atoms with Gasteiger partial charge in [-0.15, -0.1) is 0 Å². The number of rotatable bonds is 1. The van der Waals surface area contributed by atoms with Crippen LogP contribution in [0.25, 0.3) is 0 Å². The van der Waals surface area contributed by atoms with Gasteiger partial charge in [0.2, 0.25) is 5.95 Å². The Morgan fingerprint density at radius 1 is 1.47 bits per heavy atom. The van der Waals surface area contributed by atoms with Crippen LogP contribution in [0.1, 0.15) is 30.7 Å². The first-order valence-electron chi connectivity index (χ1n) is 5.31. The van der Waals surface area contributed by atoms with E-state index in [4.69, 9.17) is 0 Å². The Bertz CT molecular complexity index is 396. The summed E-state index contributed by atoms with van der Waals surface area (Å²) in [6.45, 7) is 0. The van der Waals surface area contributed by atoms with Crippen molar-refractivity contribution in [2.45, 2.75) is 37.3 Å². The largest absolute Gasteiger partial charge is 0.311 e. The molecule has 0 aromatic carbocycles. The second-order valence-electron chi connectivity index (χ2n) is 4.43. The van der Waals surface area contributed by atoms with E-state index in [9.17, 15) is 4.39 Å². The van der Waals surface area contributed by atoms with Crippen LogP contribution in [0, 0.1) is 9.52 Å². The average molecular weight is 318 g/mol. The van der Waals surface area contributed by atoms with Crippen molar-refractivity contribution in [1.29, 1.82) is 0 Å². The maximum atomic E-state index is 13.0. The number of pyridine rings is 1. The van der Waals surface area contributed by atoms with Gasteiger partial charge in [-0.25, -0.2) is 4.98 Å². The van der Waals surface area contributed by atoms with Crippen LogP contribution < -0.4 is 5.32 Å². The average Bonchev–Trinajstić information content (AvgIpc) is 2.83. The minimum atomic E-state index is -0.351. The summed E-state index contributed by atoms with van der Waals surface area (Å²) in [5.41, 5.74) is 1.19. The van der Waals surface area contributed by atoms with Crippen LogP contribution in [0.2, 0.25) is 0 Å². The summed E-state index contributed by atoms with van der Waals surface area (Å²) < 4.78 is 13.7. The summed E-state index contributed by atoms with van der Waals surface area (Å²) in [4.78, 5) is 3.80. The molecule has 0 spiro atoms. The molecule has 2 aliphatic heterocycles. The summed E-state index contributed by atoms with van der Waals surface area (Å²) in [6.07, 6.45) is 5.44. The van der Waals surface area contributed by atoms with Crippen LogP contribution >= 0.6 is 22.6 Å². The number of aromatic nitrogens is 1. The van der Waals surface area contributed by atoms with E-state index in [1.54, 1.807) is 6.20 Å². The van der Waals surface area contributed by atoms with E-state index >= 15 is 0 Å². The van der Waals surface area contributed by atoms with Gasteiger partial charge in [0.25, 0.3) is 0 Å². The molecular weight excluding hydrogens is 306 g/mol. The van der Waals surface area contributed by atoms with E-state index in [0.717, 1.165) is 0 Å².